The Balaban J connectivity index is 3.08. The SMILES string of the molecule is CCCC(COC)NS(=O)(=O)c1cc(Br)cnc1NCC. The van der Waals surface area contributed by atoms with Crippen molar-refractivity contribution in [3.63, 3.8) is 0 Å². The second-order valence-electron chi connectivity index (χ2n) is 4.59. The summed E-state index contributed by atoms with van der Waals surface area (Å²) in [4.78, 5) is 4.26. The maximum atomic E-state index is 12.6. The topological polar surface area (TPSA) is 80.3 Å². The van der Waals surface area contributed by atoms with E-state index in [1.807, 2.05) is 13.8 Å². The van der Waals surface area contributed by atoms with Crippen molar-refractivity contribution in [3.05, 3.63) is 16.7 Å². The minimum absolute atomic E-state index is 0.135. The number of nitrogens with zero attached hydrogens (tertiary/aromatic N) is 1. The molecular weight excluding hydrogens is 358 g/mol. The van der Waals surface area contributed by atoms with Gasteiger partial charge in [0.2, 0.25) is 10.0 Å². The molecule has 6 nitrogen and oxygen atoms in total. The summed E-state index contributed by atoms with van der Waals surface area (Å²) >= 11 is 3.26. The van der Waals surface area contributed by atoms with Crippen LogP contribution in [0, 0.1) is 0 Å². The van der Waals surface area contributed by atoms with Gasteiger partial charge in [-0.3, -0.25) is 0 Å². The number of methoxy groups -OCH3 is 1. The van der Waals surface area contributed by atoms with Gasteiger partial charge >= 0.3 is 0 Å². The lowest BCUT2D eigenvalue weighted by Gasteiger charge is -2.18. The van der Waals surface area contributed by atoms with Crippen LogP contribution in [0.5, 0.6) is 0 Å². The Morgan fingerprint density at radius 1 is 1.43 bits per heavy atom. The van der Waals surface area contributed by atoms with Gasteiger partial charge in [0.05, 0.1) is 6.61 Å². The Hall–Kier alpha value is -0.700. The molecule has 1 aromatic heterocycles. The third kappa shape index (κ3) is 5.54. The van der Waals surface area contributed by atoms with Crippen molar-refractivity contribution in [3.8, 4) is 0 Å². The molecular formula is C13H22BrN3O3S. The molecule has 0 spiro atoms. The van der Waals surface area contributed by atoms with Crippen LogP contribution in [-0.2, 0) is 14.8 Å². The predicted molar refractivity (Wildman–Crippen MR) is 87.0 cm³/mol. The summed E-state index contributed by atoms with van der Waals surface area (Å²) in [5.41, 5.74) is 0. The van der Waals surface area contributed by atoms with E-state index in [0.717, 1.165) is 6.42 Å². The molecule has 8 heteroatoms. The van der Waals surface area contributed by atoms with Gasteiger partial charge in [-0.2, -0.15) is 0 Å². The van der Waals surface area contributed by atoms with E-state index in [0.29, 0.717) is 29.9 Å². The molecule has 0 aromatic carbocycles. The van der Waals surface area contributed by atoms with E-state index >= 15 is 0 Å². The number of aromatic nitrogens is 1. The highest BCUT2D eigenvalue weighted by Gasteiger charge is 2.23. The molecule has 0 radical (unpaired) electrons. The molecule has 1 rings (SSSR count). The Morgan fingerprint density at radius 2 is 2.14 bits per heavy atom. The molecule has 1 unspecified atom stereocenters. The third-order valence-electron chi connectivity index (χ3n) is 2.78. The Bertz CT molecular complexity index is 546. The lowest BCUT2D eigenvalue weighted by Crippen LogP contribution is -2.38. The van der Waals surface area contributed by atoms with Crippen LogP contribution in [-0.4, -0.2) is 39.7 Å². The largest absolute Gasteiger partial charge is 0.383 e. The average Bonchev–Trinajstić information content (AvgIpc) is 2.41. The number of hydrogen-bond donors (Lipinski definition) is 2. The fourth-order valence-electron chi connectivity index (χ4n) is 1.93. The number of anilines is 1. The maximum Gasteiger partial charge on any atom is 0.244 e. The summed E-state index contributed by atoms with van der Waals surface area (Å²) < 4.78 is 33.5. The van der Waals surface area contributed by atoms with Crippen molar-refractivity contribution >= 4 is 31.8 Å². The highest BCUT2D eigenvalue weighted by atomic mass is 79.9. The Kier molecular flexibility index (Phi) is 7.58. The van der Waals surface area contributed by atoms with E-state index in [9.17, 15) is 8.42 Å². The van der Waals surface area contributed by atoms with Crippen LogP contribution in [0.25, 0.3) is 0 Å². The number of sulfonamides is 1. The van der Waals surface area contributed by atoms with E-state index < -0.39 is 10.0 Å². The summed E-state index contributed by atoms with van der Waals surface area (Å²) in [7, 11) is -2.11. The molecule has 120 valence electrons. The molecule has 1 heterocycles. The summed E-state index contributed by atoms with van der Waals surface area (Å²) in [6, 6.07) is 1.29. The van der Waals surface area contributed by atoms with Crippen LogP contribution in [0.2, 0.25) is 0 Å². The van der Waals surface area contributed by atoms with Crippen molar-refractivity contribution in [2.24, 2.45) is 0 Å². The molecule has 21 heavy (non-hydrogen) atoms. The monoisotopic (exact) mass is 379 g/mol. The number of nitrogens with one attached hydrogen (secondary N) is 2. The molecule has 0 aliphatic heterocycles. The molecule has 0 aliphatic carbocycles. The minimum atomic E-state index is -3.66. The highest BCUT2D eigenvalue weighted by Crippen LogP contribution is 2.23. The Morgan fingerprint density at radius 3 is 2.71 bits per heavy atom. The number of pyridine rings is 1. The van der Waals surface area contributed by atoms with Crippen molar-refractivity contribution in [2.45, 2.75) is 37.6 Å². The first-order chi connectivity index (χ1) is 9.94. The van der Waals surface area contributed by atoms with E-state index in [2.05, 4.69) is 31.0 Å². The van der Waals surface area contributed by atoms with E-state index in [1.54, 1.807) is 19.4 Å². The molecule has 0 saturated carbocycles. The van der Waals surface area contributed by atoms with Gasteiger partial charge in [-0.1, -0.05) is 13.3 Å². The van der Waals surface area contributed by atoms with Gasteiger partial charge in [0.15, 0.2) is 0 Å². The maximum absolute atomic E-state index is 12.6. The van der Waals surface area contributed by atoms with Gasteiger partial charge in [0, 0.05) is 30.4 Å². The summed E-state index contributed by atoms with van der Waals surface area (Å²) in [5, 5.41) is 2.96. The molecule has 1 atom stereocenters. The molecule has 0 bridgehead atoms. The third-order valence-corrected chi connectivity index (χ3v) is 4.75. The lowest BCUT2D eigenvalue weighted by molar-refractivity contribution is 0.171. The summed E-state index contributed by atoms with van der Waals surface area (Å²) in [6.45, 7) is 4.82. The van der Waals surface area contributed by atoms with Gasteiger partial charge in [0.1, 0.15) is 10.7 Å². The zero-order valence-electron chi connectivity index (χ0n) is 12.5. The van der Waals surface area contributed by atoms with Gasteiger partial charge in [-0.25, -0.2) is 18.1 Å². The molecule has 1 aromatic rings. The zero-order valence-corrected chi connectivity index (χ0v) is 14.9. The van der Waals surface area contributed by atoms with Gasteiger partial charge in [0.25, 0.3) is 0 Å². The molecule has 0 fully saturated rings. The molecule has 0 amide bonds. The number of hydrogen-bond acceptors (Lipinski definition) is 5. The van der Waals surface area contributed by atoms with Crippen molar-refractivity contribution in [1.29, 1.82) is 0 Å². The zero-order chi connectivity index (χ0) is 15.9. The number of ether oxygens (including phenoxy) is 1. The molecule has 0 saturated heterocycles. The van der Waals surface area contributed by atoms with Crippen molar-refractivity contribution < 1.29 is 13.2 Å². The van der Waals surface area contributed by atoms with Crippen LogP contribution < -0.4 is 10.0 Å². The molecule has 2 N–H and O–H groups in total. The fraction of sp³-hybridized carbons (Fsp3) is 0.615. The quantitative estimate of drug-likeness (QED) is 0.688. The highest BCUT2D eigenvalue weighted by molar-refractivity contribution is 9.10. The van der Waals surface area contributed by atoms with Gasteiger partial charge < -0.3 is 10.1 Å². The van der Waals surface area contributed by atoms with Crippen LogP contribution in [0.1, 0.15) is 26.7 Å². The first-order valence-corrected chi connectivity index (χ1v) is 9.12. The first-order valence-electron chi connectivity index (χ1n) is 6.85. The predicted octanol–water partition coefficient (Wildman–Crippen LogP) is 2.37. The normalized spacial score (nSPS) is 13.1. The lowest BCUT2D eigenvalue weighted by atomic mass is 10.2. The molecule has 0 aliphatic rings. The Labute approximate surface area is 134 Å². The van der Waals surface area contributed by atoms with Crippen LogP contribution >= 0.6 is 15.9 Å². The first kappa shape index (κ1) is 18.3. The number of halogens is 1. The second-order valence-corrected chi connectivity index (χ2v) is 7.19. The van der Waals surface area contributed by atoms with Gasteiger partial charge in [-0.05, 0) is 35.3 Å². The fourth-order valence-corrected chi connectivity index (χ4v) is 3.83. The summed E-state index contributed by atoms with van der Waals surface area (Å²) in [5.74, 6) is 0.348. The van der Waals surface area contributed by atoms with E-state index in [4.69, 9.17) is 4.74 Å². The summed E-state index contributed by atoms with van der Waals surface area (Å²) in [6.07, 6.45) is 3.15. The van der Waals surface area contributed by atoms with Crippen molar-refractivity contribution in [1.82, 2.24) is 9.71 Å². The standard InChI is InChI=1S/C13H22BrN3O3S/c1-4-6-11(9-20-3)17-21(18,19)12-7-10(14)8-16-13(12)15-5-2/h7-8,11,17H,4-6,9H2,1-3H3,(H,15,16). The number of rotatable bonds is 9. The van der Waals surface area contributed by atoms with Crippen molar-refractivity contribution in [2.75, 3.05) is 25.6 Å². The van der Waals surface area contributed by atoms with E-state index in [1.165, 1.54) is 0 Å². The second kappa shape index (κ2) is 8.67. The average molecular weight is 380 g/mol. The van der Waals surface area contributed by atoms with Crippen LogP contribution in [0.4, 0.5) is 5.82 Å². The van der Waals surface area contributed by atoms with Crippen LogP contribution in [0.3, 0.4) is 0 Å². The van der Waals surface area contributed by atoms with Gasteiger partial charge in [-0.15, -0.1) is 0 Å². The van der Waals surface area contributed by atoms with E-state index in [-0.39, 0.29) is 10.9 Å². The van der Waals surface area contributed by atoms with Crippen LogP contribution in [0.15, 0.2) is 21.6 Å². The minimum Gasteiger partial charge on any atom is -0.383 e. The smallest absolute Gasteiger partial charge is 0.244 e.